The molecule has 2 unspecified atom stereocenters. The van der Waals surface area contributed by atoms with Crippen LogP contribution in [-0.4, -0.2) is 19.8 Å². The van der Waals surface area contributed by atoms with Crippen molar-refractivity contribution < 1.29 is 33.5 Å². The Balaban J connectivity index is 3.31. The summed E-state index contributed by atoms with van der Waals surface area (Å²) < 4.78 is 26.4. The number of rotatable bonds is 4. The van der Waals surface area contributed by atoms with Crippen LogP contribution in [0.2, 0.25) is 0 Å². The predicted octanol–water partition coefficient (Wildman–Crippen LogP) is 0.644. The lowest BCUT2D eigenvalue weighted by Crippen LogP contribution is -2.07. The first-order chi connectivity index (χ1) is 7.68. The molecule has 0 bridgehead atoms. The van der Waals surface area contributed by atoms with E-state index in [9.17, 15) is 14.0 Å². The van der Waals surface area contributed by atoms with Crippen molar-refractivity contribution in [1.29, 1.82) is 0 Å². The van der Waals surface area contributed by atoms with Crippen molar-refractivity contribution in [3.8, 4) is 5.75 Å². The second-order valence-corrected chi connectivity index (χ2v) is 7.18. The minimum Gasteiger partial charge on any atom is -0.508 e. The highest BCUT2D eigenvalue weighted by Crippen LogP contribution is 2.71. The maximum atomic E-state index is 11.5. The van der Waals surface area contributed by atoms with Gasteiger partial charge in [0.25, 0.3) is 0 Å². The largest absolute Gasteiger partial charge is 0.508 e. The van der Waals surface area contributed by atoms with Gasteiger partial charge in [-0.1, -0.05) is 12.1 Å². The zero-order valence-corrected chi connectivity index (χ0v) is 10.2. The zero-order chi connectivity index (χ0) is 13.3. The van der Waals surface area contributed by atoms with Crippen LogP contribution >= 0.6 is 15.2 Å². The van der Waals surface area contributed by atoms with Gasteiger partial charge in [0, 0.05) is 0 Å². The Labute approximate surface area is 96.3 Å². The van der Waals surface area contributed by atoms with Crippen molar-refractivity contribution in [2.24, 2.45) is 5.90 Å². The Morgan fingerprint density at radius 2 is 1.59 bits per heavy atom. The third-order valence-electron chi connectivity index (χ3n) is 1.97. The maximum Gasteiger partial charge on any atom is 0.363 e. The summed E-state index contributed by atoms with van der Waals surface area (Å²) in [4.78, 5) is 27.4. The van der Waals surface area contributed by atoms with Crippen molar-refractivity contribution in [1.82, 2.24) is 0 Å². The molecule has 17 heavy (non-hydrogen) atoms. The number of phenols is 1. The van der Waals surface area contributed by atoms with Gasteiger partial charge >= 0.3 is 15.2 Å². The molecule has 96 valence electrons. The molecule has 1 aromatic rings. The minimum absolute atomic E-state index is 0.153. The van der Waals surface area contributed by atoms with E-state index < -0.39 is 20.6 Å². The lowest BCUT2D eigenvalue weighted by atomic mass is 10.2. The van der Waals surface area contributed by atoms with Crippen LogP contribution in [0.25, 0.3) is 0 Å². The Morgan fingerprint density at radius 1 is 1.12 bits per heavy atom. The molecule has 0 aromatic heterocycles. The van der Waals surface area contributed by atoms with Crippen LogP contribution in [0.1, 0.15) is 11.0 Å². The molecule has 10 heteroatoms. The van der Waals surface area contributed by atoms with Crippen molar-refractivity contribution in [2.45, 2.75) is 5.40 Å². The second-order valence-electron chi connectivity index (χ2n) is 3.22. The van der Waals surface area contributed by atoms with E-state index in [0.717, 1.165) is 24.3 Å². The van der Waals surface area contributed by atoms with Gasteiger partial charge in [-0.25, -0.2) is 10.5 Å². The Kier molecular flexibility index (Phi) is 4.11. The molecule has 0 radical (unpaired) electrons. The zero-order valence-electron chi connectivity index (χ0n) is 8.37. The number of hydrogen-bond acceptors (Lipinski definition) is 5. The normalized spacial score (nSPS) is 17.4. The van der Waals surface area contributed by atoms with E-state index >= 15 is 0 Å². The van der Waals surface area contributed by atoms with Crippen LogP contribution in [0.3, 0.4) is 0 Å². The molecule has 1 rings (SSSR count). The fourth-order valence-electron chi connectivity index (χ4n) is 1.28. The van der Waals surface area contributed by atoms with Gasteiger partial charge in [-0.05, 0) is 17.7 Å². The summed E-state index contributed by atoms with van der Waals surface area (Å²) in [5.74, 6) is 4.41. The van der Waals surface area contributed by atoms with Gasteiger partial charge in [-0.3, -0.25) is 9.13 Å². The smallest absolute Gasteiger partial charge is 0.363 e. The van der Waals surface area contributed by atoms with Crippen molar-refractivity contribution in [3.63, 3.8) is 0 Å². The summed E-state index contributed by atoms with van der Waals surface area (Å²) in [5.41, 5.74) is -0.160. The Hall–Kier alpha value is -0.720. The number of hydrogen-bond donors (Lipinski definition) is 5. The van der Waals surface area contributed by atoms with Gasteiger partial charge in [0.15, 0.2) is 5.40 Å². The highest BCUT2D eigenvalue weighted by Gasteiger charge is 2.46. The quantitative estimate of drug-likeness (QED) is 0.399. The molecule has 8 nitrogen and oxygen atoms in total. The molecule has 0 saturated carbocycles. The minimum atomic E-state index is -4.95. The maximum absolute atomic E-state index is 11.5. The first-order valence-electron chi connectivity index (χ1n) is 4.23. The monoisotopic (exact) mass is 283 g/mol. The van der Waals surface area contributed by atoms with Crippen molar-refractivity contribution in [3.05, 3.63) is 29.8 Å². The Bertz CT molecular complexity index is 482. The molecule has 6 N–H and O–H groups in total. The first-order valence-corrected chi connectivity index (χ1v) is 7.56. The van der Waals surface area contributed by atoms with Gasteiger partial charge in [-0.15, -0.1) is 0 Å². The molecule has 0 aliphatic rings. The summed E-state index contributed by atoms with van der Waals surface area (Å²) in [6.07, 6.45) is 0. The molecule has 0 saturated heterocycles. The molecular formula is C7H11NO7P2. The molecule has 0 aliphatic carbocycles. The van der Waals surface area contributed by atoms with Gasteiger partial charge < -0.3 is 19.8 Å². The van der Waals surface area contributed by atoms with Crippen LogP contribution in [0.4, 0.5) is 0 Å². The summed E-state index contributed by atoms with van der Waals surface area (Å²) in [6, 6.07) is 4.44. The van der Waals surface area contributed by atoms with Gasteiger partial charge in [0.05, 0.1) is 0 Å². The molecular weight excluding hydrogens is 272 g/mol. The number of phenolic OH excluding ortho intramolecular Hbond substituents is 1. The third-order valence-corrected chi connectivity index (χ3v) is 5.90. The number of aromatic hydroxyl groups is 1. The van der Waals surface area contributed by atoms with E-state index in [1.807, 2.05) is 0 Å². The van der Waals surface area contributed by atoms with E-state index in [2.05, 4.69) is 10.5 Å². The average molecular weight is 283 g/mol. The van der Waals surface area contributed by atoms with Crippen LogP contribution in [-0.2, 0) is 13.8 Å². The van der Waals surface area contributed by atoms with Crippen molar-refractivity contribution >= 4 is 15.2 Å². The van der Waals surface area contributed by atoms with Gasteiger partial charge in [0.2, 0.25) is 0 Å². The van der Waals surface area contributed by atoms with Gasteiger partial charge in [0.1, 0.15) is 5.75 Å². The fraction of sp³-hybridized carbons (Fsp3) is 0.143. The summed E-state index contributed by atoms with van der Waals surface area (Å²) in [5, 5.41) is 6.94. The van der Waals surface area contributed by atoms with E-state index in [1.54, 1.807) is 0 Å². The predicted molar refractivity (Wildman–Crippen MR) is 58.0 cm³/mol. The number of benzene rings is 1. The number of nitrogens with two attached hydrogens (primary N) is 1. The molecule has 0 heterocycles. The highest BCUT2D eigenvalue weighted by molar-refractivity contribution is 7.70. The lowest BCUT2D eigenvalue weighted by Gasteiger charge is -2.21. The van der Waals surface area contributed by atoms with E-state index in [1.165, 1.54) is 0 Å². The molecule has 0 amide bonds. The van der Waals surface area contributed by atoms with Crippen LogP contribution < -0.4 is 5.90 Å². The van der Waals surface area contributed by atoms with Crippen LogP contribution in [0.5, 0.6) is 5.75 Å². The van der Waals surface area contributed by atoms with E-state index in [0.29, 0.717) is 0 Å². The molecule has 1 aromatic carbocycles. The SMILES string of the molecule is NOP(=O)(O)C(c1ccc(O)cc1)P(=O)(O)O. The van der Waals surface area contributed by atoms with Crippen LogP contribution in [0, 0.1) is 0 Å². The highest BCUT2D eigenvalue weighted by atomic mass is 31.2. The molecule has 0 aliphatic heterocycles. The van der Waals surface area contributed by atoms with Crippen molar-refractivity contribution in [2.75, 3.05) is 0 Å². The molecule has 0 fully saturated rings. The van der Waals surface area contributed by atoms with E-state index in [-0.39, 0.29) is 11.3 Å². The van der Waals surface area contributed by atoms with Crippen LogP contribution in [0.15, 0.2) is 24.3 Å². The Morgan fingerprint density at radius 3 is 1.94 bits per heavy atom. The topological polar surface area (TPSA) is 150 Å². The summed E-state index contributed by atoms with van der Waals surface area (Å²) in [7, 11) is -9.66. The summed E-state index contributed by atoms with van der Waals surface area (Å²) >= 11 is 0. The fourth-order valence-corrected chi connectivity index (χ4v) is 4.19. The third kappa shape index (κ3) is 3.37. The standard InChI is InChI=1S/C7H11NO7P2/c8-15-17(13,14)7(16(10,11)12)5-1-3-6(9)4-2-5/h1-4,7,9H,8H2,(H,13,14)(H2,10,11,12). The first kappa shape index (κ1) is 14.3. The van der Waals surface area contributed by atoms with Gasteiger partial charge in [-0.2, -0.15) is 0 Å². The average Bonchev–Trinajstić information content (AvgIpc) is 2.19. The molecule has 2 atom stereocenters. The molecule has 0 spiro atoms. The summed E-state index contributed by atoms with van der Waals surface area (Å²) in [6.45, 7) is 0. The van der Waals surface area contributed by atoms with E-state index in [4.69, 9.17) is 14.9 Å². The second kappa shape index (κ2) is 4.88. The lowest BCUT2D eigenvalue weighted by molar-refractivity contribution is 0.260.